The fourth-order valence-corrected chi connectivity index (χ4v) is 1.57. The first-order chi connectivity index (χ1) is 9.65. The predicted molar refractivity (Wildman–Crippen MR) is 69.2 cm³/mol. The molecule has 1 aromatic heterocycles. The Balaban J connectivity index is 2.37. The van der Waals surface area contributed by atoms with E-state index < -0.39 is 11.6 Å². The highest BCUT2D eigenvalue weighted by Gasteiger charge is 2.16. The van der Waals surface area contributed by atoms with E-state index in [0.29, 0.717) is 12.4 Å². The molecule has 0 radical (unpaired) electrons. The van der Waals surface area contributed by atoms with Gasteiger partial charge >= 0.3 is 0 Å². The zero-order chi connectivity index (χ0) is 14.5. The van der Waals surface area contributed by atoms with Crippen molar-refractivity contribution in [1.82, 2.24) is 9.97 Å². The first-order valence-electron chi connectivity index (χ1n) is 5.91. The minimum Gasteiger partial charge on any atom is -0.489 e. The molecule has 0 amide bonds. The monoisotopic (exact) mass is 281 g/mol. The van der Waals surface area contributed by atoms with Crippen molar-refractivity contribution in [1.29, 1.82) is 0 Å². The molecule has 0 saturated heterocycles. The van der Waals surface area contributed by atoms with Crippen molar-refractivity contribution in [2.45, 2.75) is 6.92 Å². The number of halogens is 2. The Bertz CT molecular complexity index is 608. The van der Waals surface area contributed by atoms with Crippen LogP contribution in [-0.2, 0) is 0 Å². The van der Waals surface area contributed by atoms with Gasteiger partial charge in [0.2, 0.25) is 5.75 Å². The van der Waals surface area contributed by atoms with E-state index in [-0.39, 0.29) is 17.4 Å². The lowest BCUT2D eigenvalue weighted by atomic mass is 10.3. The largest absolute Gasteiger partial charge is 0.489 e. The summed E-state index contributed by atoms with van der Waals surface area (Å²) >= 11 is 0. The Kier molecular flexibility index (Phi) is 4.29. The lowest BCUT2D eigenvalue weighted by Crippen LogP contribution is -2.04. The molecule has 0 aliphatic rings. The number of nitrogens with one attached hydrogen (secondary N) is 1. The van der Waals surface area contributed by atoms with Gasteiger partial charge in [-0.15, -0.1) is 0 Å². The molecule has 0 atom stereocenters. The number of benzene rings is 1. The summed E-state index contributed by atoms with van der Waals surface area (Å²) < 4.78 is 37.1. The molecule has 2 rings (SSSR count). The van der Waals surface area contributed by atoms with E-state index in [2.05, 4.69) is 15.3 Å². The number of aromatic nitrogens is 2. The summed E-state index contributed by atoms with van der Waals surface area (Å²) in [5.41, 5.74) is 0. The maximum Gasteiger partial charge on any atom is 0.268 e. The number of anilines is 1. The van der Waals surface area contributed by atoms with Gasteiger partial charge in [-0.1, -0.05) is 0 Å². The molecule has 7 heteroatoms. The number of methoxy groups -OCH3 is 1. The molecule has 1 aromatic carbocycles. The molecule has 0 aliphatic carbocycles. The molecule has 1 heterocycles. The van der Waals surface area contributed by atoms with Crippen LogP contribution in [0.5, 0.6) is 17.4 Å². The van der Waals surface area contributed by atoms with Gasteiger partial charge in [0, 0.05) is 12.6 Å². The van der Waals surface area contributed by atoms with E-state index in [0.717, 1.165) is 18.2 Å². The van der Waals surface area contributed by atoms with Crippen molar-refractivity contribution in [2.75, 3.05) is 19.0 Å². The second-order valence-corrected chi connectivity index (χ2v) is 3.77. The van der Waals surface area contributed by atoms with E-state index in [9.17, 15) is 8.78 Å². The normalized spacial score (nSPS) is 10.2. The minimum absolute atomic E-state index is 0.00273. The van der Waals surface area contributed by atoms with Gasteiger partial charge in [0.1, 0.15) is 12.1 Å². The standard InChI is InChI=1S/C13H13F2N3O2/c1-3-16-12-11(19-2)13(18-7-17-12)20-10-6-8(14)4-5-9(10)15/h4-7H,3H2,1-2H3,(H,16,17,18). The van der Waals surface area contributed by atoms with Gasteiger partial charge < -0.3 is 14.8 Å². The molecule has 0 spiro atoms. The van der Waals surface area contributed by atoms with Crippen molar-refractivity contribution in [2.24, 2.45) is 0 Å². The highest BCUT2D eigenvalue weighted by atomic mass is 19.1. The van der Waals surface area contributed by atoms with Crippen LogP contribution in [-0.4, -0.2) is 23.6 Å². The van der Waals surface area contributed by atoms with Crippen molar-refractivity contribution in [3.8, 4) is 17.4 Å². The Hall–Kier alpha value is -2.44. The third-order valence-corrected chi connectivity index (χ3v) is 2.42. The lowest BCUT2D eigenvalue weighted by Gasteiger charge is -2.12. The third kappa shape index (κ3) is 2.93. The summed E-state index contributed by atoms with van der Waals surface area (Å²) in [6.07, 6.45) is 1.24. The number of hydrogen-bond donors (Lipinski definition) is 1. The number of rotatable bonds is 5. The van der Waals surface area contributed by atoms with E-state index in [1.165, 1.54) is 13.4 Å². The zero-order valence-electron chi connectivity index (χ0n) is 11.0. The molecule has 20 heavy (non-hydrogen) atoms. The van der Waals surface area contributed by atoms with Crippen LogP contribution >= 0.6 is 0 Å². The topological polar surface area (TPSA) is 56.3 Å². The smallest absolute Gasteiger partial charge is 0.268 e. The van der Waals surface area contributed by atoms with Gasteiger partial charge in [-0.3, -0.25) is 0 Å². The van der Waals surface area contributed by atoms with Gasteiger partial charge in [-0.25, -0.2) is 13.8 Å². The van der Waals surface area contributed by atoms with Crippen LogP contribution in [0.1, 0.15) is 6.92 Å². The molecule has 0 fully saturated rings. The molecular weight excluding hydrogens is 268 g/mol. The molecule has 5 nitrogen and oxygen atoms in total. The molecule has 0 unspecified atom stereocenters. The van der Waals surface area contributed by atoms with Crippen LogP contribution in [0.3, 0.4) is 0 Å². The van der Waals surface area contributed by atoms with Crippen LogP contribution in [0, 0.1) is 11.6 Å². The summed E-state index contributed by atoms with van der Waals surface area (Å²) in [6.45, 7) is 2.50. The average molecular weight is 281 g/mol. The summed E-state index contributed by atoms with van der Waals surface area (Å²) in [5.74, 6) is -0.944. The van der Waals surface area contributed by atoms with Crippen LogP contribution < -0.4 is 14.8 Å². The maximum atomic E-state index is 13.5. The lowest BCUT2D eigenvalue weighted by molar-refractivity contribution is 0.359. The Morgan fingerprint density at radius 1 is 1.25 bits per heavy atom. The fraction of sp³-hybridized carbons (Fsp3) is 0.231. The highest BCUT2D eigenvalue weighted by Crippen LogP contribution is 2.35. The zero-order valence-corrected chi connectivity index (χ0v) is 11.0. The van der Waals surface area contributed by atoms with Crippen molar-refractivity contribution in [3.63, 3.8) is 0 Å². The van der Waals surface area contributed by atoms with Gasteiger partial charge in [0.05, 0.1) is 7.11 Å². The predicted octanol–water partition coefficient (Wildman–Crippen LogP) is 2.99. The van der Waals surface area contributed by atoms with Crippen LogP contribution in [0.2, 0.25) is 0 Å². The van der Waals surface area contributed by atoms with E-state index in [1.54, 1.807) is 0 Å². The van der Waals surface area contributed by atoms with Crippen molar-refractivity contribution < 1.29 is 18.3 Å². The minimum atomic E-state index is -0.697. The van der Waals surface area contributed by atoms with Gasteiger partial charge in [-0.05, 0) is 19.1 Å². The average Bonchev–Trinajstić information content (AvgIpc) is 2.43. The van der Waals surface area contributed by atoms with E-state index >= 15 is 0 Å². The fourth-order valence-electron chi connectivity index (χ4n) is 1.57. The van der Waals surface area contributed by atoms with Crippen molar-refractivity contribution in [3.05, 3.63) is 36.2 Å². The number of nitrogens with zero attached hydrogens (tertiary/aromatic N) is 2. The van der Waals surface area contributed by atoms with Crippen molar-refractivity contribution >= 4 is 5.82 Å². The molecule has 106 valence electrons. The second-order valence-electron chi connectivity index (χ2n) is 3.77. The Labute approximate surface area is 114 Å². The summed E-state index contributed by atoms with van der Waals surface area (Å²) in [4.78, 5) is 7.86. The second kappa shape index (κ2) is 6.14. The van der Waals surface area contributed by atoms with E-state index in [1.807, 2.05) is 6.92 Å². The maximum absolute atomic E-state index is 13.5. The van der Waals surface area contributed by atoms with Crippen LogP contribution in [0.25, 0.3) is 0 Å². The quantitative estimate of drug-likeness (QED) is 0.913. The first kappa shape index (κ1) is 14.0. The van der Waals surface area contributed by atoms with E-state index in [4.69, 9.17) is 9.47 Å². The van der Waals surface area contributed by atoms with Crippen LogP contribution in [0.4, 0.5) is 14.6 Å². The number of ether oxygens (including phenoxy) is 2. The number of hydrogen-bond acceptors (Lipinski definition) is 5. The van der Waals surface area contributed by atoms with Gasteiger partial charge in [0.25, 0.3) is 5.88 Å². The Morgan fingerprint density at radius 3 is 2.75 bits per heavy atom. The molecule has 0 bridgehead atoms. The molecule has 1 N–H and O–H groups in total. The summed E-state index contributed by atoms with van der Waals surface area (Å²) in [7, 11) is 1.41. The Morgan fingerprint density at radius 2 is 2.05 bits per heavy atom. The third-order valence-electron chi connectivity index (χ3n) is 2.42. The summed E-state index contributed by atoms with van der Waals surface area (Å²) in [6, 6.07) is 2.91. The highest BCUT2D eigenvalue weighted by molar-refractivity contribution is 5.55. The molecule has 0 aliphatic heterocycles. The SMILES string of the molecule is CCNc1ncnc(Oc2cc(F)ccc2F)c1OC. The van der Waals surface area contributed by atoms with Gasteiger partial charge in [0.15, 0.2) is 17.4 Å². The molecule has 0 saturated carbocycles. The molecule has 2 aromatic rings. The molecular formula is C13H13F2N3O2. The first-order valence-corrected chi connectivity index (χ1v) is 5.91. The van der Waals surface area contributed by atoms with Crippen LogP contribution in [0.15, 0.2) is 24.5 Å². The summed E-state index contributed by atoms with van der Waals surface area (Å²) in [5, 5.41) is 2.96. The van der Waals surface area contributed by atoms with Gasteiger partial charge in [-0.2, -0.15) is 4.98 Å².